The van der Waals surface area contributed by atoms with Gasteiger partial charge in [0.25, 0.3) is 5.91 Å². The molecule has 0 radical (unpaired) electrons. The van der Waals surface area contributed by atoms with Crippen LogP contribution in [0.4, 0.5) is 23.7 Å². The molecule has 0 spiro atoms. The second kappa shape index (κ2) is 12.8. The number of hydrogen-bond acceptors (Lipinski definition) is 5. The Kier molecular flexibility index (Phi) is 10.00. The Morgan fingerprint density at radius 3 is 2.47 bits per heavy atom. The lowest BCUT2D eigenvalue weighted by Crippen LogP contribution is -2.52. The summed E-state index contributed by atoms with van der Waals surface area (Å²) < 4.78 is 45.3. The zero-order chi connectivity index (χ0) is 28.0. The van der Waals surface area contributed by atoms with E-state index < -0.39 is 36.1 Å². The van der Waals surface area contributed by atoms with Gasteiger partial charge in [-0.05, 0) is 64.8 Å². The van der Waals surface area contributed by atoms with Crippen molar-refractivity contribution in [2.45, 2.75) is 63.8 Å². The van der Waals surface area contributed by atoms with Crippen LogP contribution in [0.25, 0.3) is 0 Å². The minimum absolute atomic E-state index is 0.0550. The molecule has 1 aromatic rings. The summed E-state index contributed by atoms with van der Waals surface area (Å²) in [6, 6.07) is 2.66. The predicted octanol–water partition coefficient (Wildman–Crippen LogP) is 3.31. The molecule has 3 rings (SSSR count). The van der Waals surface area contributed by atoms with E-state index in [0.717, 1.165) is 37.8 Å². The minimum Gasteiger partial charge on any atom is -0.384 e. The van der Waals surface area contributed by atoms with Crippen LogP contribution >= 0.6 is 0 Å². The molecule has 1 aliphatic heterocycles. The number of likely N-dealkylation sites (tertiary alicyclic amines) is 1. The predicted molar refractivity (Wildman–Crippen MR) is 137 cm³/mol. The Bertz CT molecular complexity index is 1000. The van der Waals surface area contributed by atoms with Crippen LogP contribution in [0.5, 0.6) is 0 Å². The van der Waals surface area contributed by atoms with Gasteiger partial charge in [0.1, 0.15) is 0 Å². The van der Waals surface area contributed by atoms with Crippen molar-refractivity contribution in [3.63, 3.8) is 0 Å². The number of benzene rings is 1. The number of hydrogen-bond donors (Lipinski definition) is 3. The molecule has 0 bridgehead atoms. The smallest absolute Gasteiger partial charge is 0.384 e. The van der Waals surface area contributed by atoms with Crippen LogP contribution in [-0.2, 0) is 15.7 Å². The first kappa shape index (κ1) is 29.7. The molecule has 0 unspecified atom stereocenters. The molecule has 1 saturated heterocycles. The topological polar surface area (TPSA) is 103 Å². The Morgan fingerprint density at radius 2 is 1.89 bits per heavy atom. The highest BCUT2D eigenvalue weighted by Gasteiger charge is 2.35. The molecule has 4 amide bonds. The van der Waals surface area contributed by atoms with Crippen LogP contribution in [0.1, 0.15) is 55.5 Å². The van der Waals surface area contributed by atoms with E-state index in [9.17, 15) is 27.6 Å². The summed E-state index contributed by atoms with van der Waals surface area (Å²) in [7, 11) is 3.70. The van der Waals surface area contributed by atoms with Crippen molar-refractivity contribution in [1.82, 2.24) is 20.4 Å². The van der Waals surface area contributed by atoms with Crippen LogP contribution < -0.4 is 16.0 Å². The molecule has 1 heterocycles. The summed E-state index contributed by atoms with van der Waals surface area (Å²) in [4.78, 5) is 41.7. The average molecular weight is 542 g/mol. The number of anilines is 1. The van der Waals surface area contributed by atoms with Gasteiger partial charge in [-0.25, -0.2) is 4.79 Å². The normalized spacial score (nSPS) is 21.7. The fourth-order valence-corrected chi connectivity index (χ4v) is 4.86. The fraction of sp³-hybridized carbons (Fsp3) is 0.654. The summed E-state index contributed by atoms with van der Waals surface area (Å²) in [5.74, 6) is -1.24. The van der Waals surface area contributed by atoms with Gasteiger partial charge < -0.3 is 30.5 Å². The number of carbonyl (C=O) groups excluding carboxylic acids is 3. The molecular weight excluding hydrogens is 503 g/mol. The van der Waals surface area contributed by atoms with Crippen LogP contribution in [0.2, 0.25) is 0 Å². The number of ether oxygens (including phenoxy) is 1. The van der Waals surface area contributed by atoms with Crippen molar-refractivity contribution < 1.29 is 32.3 Å². The van der Waals surface area contributed by atoms with Gasteiger partial charge >= 0.3 is 12.2 Å². The third-order valence-corrected chi connectivity index (χ3v) is 7.46. The zero-order valence-electron chi connectivity index (χ0n) is 22.4. The third-order valence-electron chi connectivity index (χ3n) is 7.46. The average Bonchev–Trinajstić information content (AvgIpc) is 2.81. The molecule has 2 fully saturated rings. The number of nitrogens with one attached hydrogen (secondary N) is 3. The molecule has 3 N–H and O–H groups in total. The van der Waals surface area contributed by atoms with E-state index in [2.05, 4.69) is 41.7 Å². The first-order valence-corrected chi connectivity index (χ1v) is 13.0. The summed E-state index contributed by atoms with van der Waals surface area (Å²) >= 11 is 0. The molecule has 38 heavy (non-hydrogen) atoms. The summed E-state index contributed by atoms with van der Waals surface area (Å²) in [6.45, 7) is 5.40. The number of methoxy groups -OCH3 is 1. The van der Waals surface area contributed by atoms with Crippen molar-refractivity contribution in [3.05, 3.63) is 29.3 Å². The first-order valence-electron chi connectivity index (χ1n) is 13.0. The van der Waals surface area contributed by atoms with E-state index in [1.54, 1.807) is 7.11 Å². The first-order chi connectivity index (χ1) is 17.9. The Balaban J connectivity index is 1.64. The van der Waals surface area contributed by atoms with Crippen LogP contribution in [0.15, 0.2) is 18.2 Å². The van der Waals surface area contributed by atoms with Crippen molar-refractivity contribution in [1.29, 1.82) is 0 Å². The number of carbonyl (C=O) groups is 3. The molecule has 2 aliphatic rings. The highest BCUT2D eigenvalue weighted by molar-refractivity contribution is 6.04. The third kappa shape index (κ3) is 7.59. The lowest BCUT2D eigenvalue weighted by Gasteiger charge is -2.41. The van der Waals surface area contributed by atoms with E-state index in [4.69, 9.17) is 4.74 Å². The van der Waals surface area contributed by atoms with Gasteiger partial charge in [0.15, 0.2) is 0 Å². The molecule has 0 aromatic heterocycles. The largest absolute Gasteiger partial charge is 0.416 e. The van der Waals surface area contributed by atoms with Crippen LogP contribution in [-0.4, -0.2) is 86.2 Å². The second-order valence-electron chi connectivity index (χ2n) is 10.3. The van der Waals surface area contributed by atoms with Crippen molar-refractivity contribution in [2.24, 2.45) is 5.92 Å². The minimum atomic E-state index is -4.68. The molecule has 1 saturated carbocycles. The molecule has 12 heteroatoms. The van der Waals surface area contributed by atoms with Crippen molar-refractivity contribution in [3.8, 4) is 0 Å². The number of urea groups is 1. The maximum absolute atomic E-state index is 13.3. The number of rotatable bonds is 9. The van der Waals surface area contributed by atoms with Gasteiger partial charge in [-0.2, -0.15) is 13.2 Å². The molecular formula is C26H38F3N5O4. The summed E-state index contributed by atoms with van der Waals surface area (Å²) in [5.41, 5.74) is -1.45. The highest BCUT2D eigenvalue weighted by atomic mass is 19.4. The Hall–Kier alpha value is -2.86. The SMILES string of the molecule is COC[C@@H]1C[C@H](N(C)C(C)C)CC[C@@H]1NC(=O)CNC(=O)c1cc(C(F)(F)F)ccc1NC(=O)N1CCC1. The van der Waals surface area contributed by atoms with Gasteiger partial charge in [-0.3, -0.25) is 9.59 Å². The van der Waals surface area contributed by atoms with Crippen LogP contribution in [0.3, 0.4) is 0 Å². The monoisotopic (exact) mass is 541 g/mol. The van der Waals surface area contributed by atoms with Gasteiger partial charge in [-0.15, -0.1) is 0 Å². The summed E-state index contributed by atoms with van der Waals surface area (Å²) in [6.07, 6.45) is -1.34. The van der Waals surface area contributed by atoms with E-state index in [1.807, 2.05) is 0 Å². The second-order valence-corrected chi connectivity index (χ2v) is 10.3. The lowest BCUT2D eigenvalue weighted by atomic mass is 9.81. The van der Waals surface area contributed by atoms with E-state index >= 15 is 0 Å². The van der Waals surface area contributed by atoms with E-state index in [-0.39, 0.29) is 23.2 Å². The van der Waals surface area contributed by atoms with Crippen molar-refractivity contribution >= 4 is 23.5 Å². The quantitative estimate of drug-likeness (QED) is 0.445. The number of amides is 4. The number of halogens is 3. The summed E-state index contributed by atoms with van der Waals surface area (Å²) in [5, 5.41) is 7.86. The Labute approximate surface area is 221 Å². The van der Waals surface area contributed by atoms with Gasteiger partial charge in [0.05, 0.1) is 30.0 Å². The number of nitrogens with zero attached hydrogens (tertiary/aromatic N) is 2. The number of alkyl halides is 3. The van der Waals surface area contributed by atoms with Gasteiger partial charge in [-0.1, -0.05) is 0 Å². The molecule has 9 nitrogen and oxygen atoms in total. The maximum Gasteiger partial charge on any atom is 0.416 e. The molecule has 3 atom stereocenters. The van der Waals surface area contributed by atoms with Gasteiger partial charge in [0.2, 0.25) is 5.91 Å². The van der Waals surface area contributed by atoms with Crippen LogP contribution in [0, 0.1) is 5.92 Å². The zero-order valence-corrected chi connectivity index (χ0v) is 22.4. The van der Waals surface area contributed by atoms with Crippen molar-refractivity contribution in [2.75, 3.05) is 45.7 Å². The highest BCUT2D eigenvalue weighted by Crippen LogP contribution is 2.32. The fourth-order valence-electron chi connectivity index (χ4n) is 4.86. The molecule has 1 aromatic carbocycles. The maximum atomic E-state index is 13.3. The van der Waals surface area contributed by atoms with Gasteiger partial charge in [0, 0.05) is 44.2 Å². The Morgan fingerprint density at radius 1 is 1.18 bits per heavy atom. The lowest BCUT2D eigenvalue weighted by molar-refractivity contribution is -0.137. The molecule has 212 valence electrons. The molecule has 1 aliphatic carbocycles. The van der Waals surface area contributed by atoms with E-state index in [0.29, 0.717) is 37.8 Å². The standard InChI is InChI=1S/C26H38F3N5O4/c1-16(2)33(3)19-7-9-21(17(12-19)15-38-4)31-23(35)14-30-24(36)20-13-18(26(27,28)29)6-8-22(20)32-25(37)34-10-5-11-34/h6,8,13,16-17,19,21H,5,7,9-12,14-15H2,1-4H3,(H,30,36)(H,31,35)(H,32,37)/t17-,19+,21-/m0/s1. The van der Waals surface area contributed by atoms with E-state index in [1.165, 1.54) is 4.90 Å².